The summed E-state index contributed by atoms with van der Waals surface area (Å²) in [7, 11) is 2.16. The van der Waals surface area contributed by atoms with Gasteiger partial charge in [-0.05, 0) is 56.1 Å². The second kappa shape index (κ2) is 8.81. The van der Waals surface area contributed by atoms with Gasteiger partial charge in [0.25, 0.3) is 5.88 Å². The van der Waals surface area contributed by atoms with E-state index in [1.807, 2.05) is 6.92 Å². The Hall–Kier alpha value is -2.97. The van der Waals surface area contributed by atoms with Crippen LogP contribution in [0.25, 0.3) is 11.3 Å². The minimum atomic E-state index is 0.247. The predicted molar refractivity (Wildman–Crippen MR) is 115 cm³/mol. The van der Waals surface area contributed by atoms with Crippen molar-refractivity contribution >= 4 is 5.82 Å². The summed E-state index contributed by atoms with van der Waals surface area (Å²) in [4.78, 5) is 11.3. The molecule has 2 aromatic heterocycles. The Morgan fingerprint density at radius 2 is 2.10 bits per heavy atom. The van der Waals surface area contributed by atoms with Gasteiger partial charge in [0.2, 0.25) is 0 Å². The van der Waals surface area contributed by atoms with Gasteiger partial charge < -0.3 is 20.1 Å². The van der Waals surface area contributed by atoms with Crippen LogP contribution < -0.4 is 10.5 Å². The SMILES string of the molecule is CCOCCn1cc(Oc2nc(-c3cc(C)c4c(c3)CCN(C)C4)cnc2N)cn1. The number of ether oxygens (including phenoxy) is 2. The maximum absolute atomic E-state index is 6.03. The minimum Gasteiger partial charge on any atom is -0.433 e. The standard InChI is InChI=1S/C22H28N6O2/c1-4-29-8-7-28-13-18(11-25-28)30-22-21(23)24-12-20(26-22)17-9-15(2)19-14-27(3)6-5-16(19)10-17/h9-13H,4-8,14H2,1-3H3,(H2,23,24). The van der Waals surface area contributed by atoms with Crippen molar-refractivity contribution in [3.8, 4) is 22.9 Å². The van der Waals surface area contributed by atoms with E-state index < -0.39 is 0 Å². The third-order valence-corrected chi connectivity index (χ3v) is 5.31. The molecule has 0 fully saturated rings. The molecule has 0 atom stereocenters. The van der Waals surface area contributed by atoms with Crippen molar-refractivity contribution < 1.29 is 9.47 Å². The maximum atomic E-state index is 6.03. The average molecular weight is 409 g/mol. The summed E-state index contributed by atoms with van der Waals surface area (Å²) in [6.07, 6.45) is 6.17. The molecule has 1 aliphatic rings. The van der Waals surface area contributed by atoms with Gasteiger partial charge in [0.1, 0.15) is 0 Å². The lowest BCUT2D eigenvalue weighted by Crippen LogP contribution is -2.27. The van der Waals surface area contributed by atoms with Crippen LogP contribution in [0.15, 0.2) is 30.7 Å². The normalized spacial score (nSPS) is 14.0. The van der Waals surface area contributed by atoms with Gasteiger partial charge >= 0.3 is 0 Å². The molecule has 0 saturated carbocycles. The molecule has 4 rings (SSSR count). The number of hydrogen-bond donors (Lipinski definition) is 1. The van der Waals surface area contributed by atoms with Crippen LogP contribution in [0.5, 0.6) is 11.6 Å². The molecule has 3 heterocycles. The van der Waals surface area contributed by atoms with Crippen molar-refractivity contribution in [2.45, 2.75) is 33.4 Å². The van der Waals surface area contributed by atoms with Crippen LogP contribution in [0.2, 0.25) is 0 Å². The van der Waals surface area contributed by atoms with Crippen LogP contribution in [0, 0.1) is 6.92 Å². The molecule has 8 heteroatoms. The first-order valence-corrected chi connectivity index (χ1v) is 10.3. The van der Waals surface area contributed by atoms with E-state index in [0.717, 1.165) is 30.8 Å². The fraction of sp³-hybridized carbons (Fsp3) is 0.409. The van der Waals surface area contributed by atoms with Gasteiger partial charge in [-0.25, -0.2) is 9.97 Å². The van der Waals surface area contributed by atoms with E-state index in [-0.39, 0.29) is 11.7 Å². The molecule has 0 spiro atoms. The highest BCUT2D eigenvalue weighted by Gasteiger charge is 2.18. The molecule has 0 aliphatic carbocycles. The topological polar surface area (TPSA) is 91.3 Å². The highest BCUT2D eigenvalue weighted by molar-refractivity contribution is 5.64. The van der Waals surface area contributed by atoms with Crippen molar-refractivity contribution in [3.05, 3.63) is 47.4 Å². The number of nitrogens with zero attached hydrogens (tertiary/aromatic N) is 5. The van der Waals surface area contributed by atoms with Gasteiger partial charge in [-0.2, -0.15) is 5.10 Å². The second-order valence-corrected chi connectivity index (χ2v) is 7.60. The van der Waals surface area contributed by atoms with E-state index in [4.69, 9.17) is 15.2 Å². The number of nitrogens with two attached hydrogens (primary N) is 1. The second-order valence-electron chi connectivity index (χ2n) is 7.60. The molecule has 0 radical (unpaired) electrons. The summed E-state index contributed by atoms with van der Waals surface area (Å²) < 4.78 is 13.0. The monoisotopic (exact) mass is 408 g/mol. The third-order valence-electron chi connectivity index (χ3n) is 5.31. The number of benzene rings is 1. The Bertz CT molecular complexity index is 1030. The van der Waals surface area contributed by atoms with Gasteiger partial charge in [0.15, 0.2) is 11.6 Å². The maximum Gasteiger partial charge on any atom is 0.263 e. The lowest BCUT2D eigenvalue weighted by molar-refractivity contribution is 0.136. The van der Waals surface area contributed by atoms with Crippen LogP contribution in [0.3, 0.4) is 0 Å². The number of anilines is 1. The van der Waals surface area contributed by atoms with Crippen molar-refractivity contribution in [2.24, 2.45) is 0 Å². The fourth-order valence-electron chi connectivity index (χ4n) is 3.68. The molecular weight excluding hydrogens is 380 g/mol. The molecule has 158 valence electrons. The molecule has 8 nitrogen and oxygen atoms in total. The van der Waals surface area contributed by atoms with Crippen LogP contribution in [-0.2, 0) is 24.2 Å². The van der Waals surface area contributed by atoms with Gasteiger partial charge in [-0.1, -0.05) is 0 Å². The lowest BCUT2D eigenvalue weighted by Gasteiger charge is -2.27. The molecule has 0 bridgehead atoms. The van der Waals surface area contributed by atoms with Crippen LogP contribution in [-0.4, -0.2) is 51.5 Å². The number of fused-ring (bicyclic) bond motifs is 1. The van der Waals surface area contributed by atoms with Crippen molar-refractivity contribution in [1.82, 2.24) is 24.6 Å². The molecule has 30 heavy (non-hydrogen) atoms. The van der Waals surface area contributed by atoms with Gasteiger partial charge in [0, 0.05) is 25.3 Å². The summed E-state index contributed by atoms with van der Waals surface area (Å²) in [6, 6.07) is 4.37. The average Bonchev–Trinajstić information content (AvgIpc) is 3.17. The zero-order valence-electron chi connectivity index (χ0n) is 17.8. The van der Waals surface area contributed by atoms with Gasteiger partial charge in [-0.3, -0.25) is 4.68 Å². The van der Waals surface area contributed by atoms with Crippen molar-refractivity contribution in [3.63, 3.8) is 0 Å². The molecule has 3 aromatic rings. The zero-order valence-corrected chi connectivity index (χ0v) is 17.8. The van der Waals surface area contributed by atoms with Crippen molar-refractivity contribution in [2.75, 3.05) is 32.5 Å². The quantitative estimate of drug-likeness (QED) is 0.601. The molecule has 0 saturated heterocycles. The number of aromatic nitrogens is 4. The van der Waals surface area contributed by atoms with E-state index >= 15 is 0 Å². The summed E-state index contributed by atoms with van der Waals surface area (Å²) >= 11 is 0. The Labute approximate surface area is 176 Å². The van der Waals surface area contributed by atoms with Crippen molar-refractivity contribution in [1.29, 1.82) is 0 Å². The highest BCUT2D eigenvalue weighted by atomic mass is 16.5. The highest BCUT2D eigenvalue weighted by Crippen LogP contribution is 2.31. The summed E-state index contributed by atoms with van der Waals surface area (Å²) in [5.41, 5.74) is 11.8. The molecule has 2 N–H and O–H groups in total. The largest absolute Gasteiger partial charge is 0.433 e. The van der Waals surface area contributed by atoms with E-state index in [1.165, 1.54) is 16.7 Å². The van der Waals surface area contributed by atoms with Gasteiger partial charge in [0.05, 0.1) is 37.4 Å². The predicted octanol–water partition coefficient (Wildman–Crippen LogP) is 3.05. The number of likely N-dealkylation sites (N-methyl/N-ethyl adjacent to an activating group) is 1. The fourth-order valence-corrected chi connectivity index (χ4v) is 3.68. The molecule has 1 aliphatic heterocycles. The third kappa shape index (κ3) is 4.44. The number of aryl methyl sites for hydroxylation is 1. The Morgan fingerprint density at radius 1 is 1.23 bits per heavy atom. The Morgan fingerprint density at radius 3 is 2.93 bits per heavy atom. The van der Waals surface area contributed by atoms with E-state index in [9.17, 15) is 0 Å². The zero-order chi connectivity index (χ0) is 21.1. The Kier molecular flexibility index (Phi) is 5.96. The van der Waals surface area contributed by atoms with Crippen LogP contribution >= 0.6 is 0 Å². The number of hydrogen-bond acceptors (Lipinski definition) is 7. The number of rotatable bonds is 7. The summed E-state index contributed by atoms with van der Waals surface area (Å²) in [5, 5.41) is 4.28. The first-order chi connectivity index (χ1) is 14.5. The van der Waals surface area contributed by atoms with Gasteiger partial charge in [-0.15, -0.1) is 0 Å². The first-order valence-electron chi connectivity index (χ1n) is 10.3. The van der Waals surface area contributed by atoms with E-state index in [0.29, 0.717) is 25.5 Å². The molecule has 0 unspecified atom stereocenters. The van der Waals surface area contributed by atoms with Crippen LogP contribution in [0.4, 0.5) is 5.82 Å². The van der Waals surface area contributed by atoms with Crippen LogP contribution in [0.1, 0.15) is 23.6 Å². The molecule has 1 aromatic carbocycles. The smallest absolute Gasteiger partial charge is 0.263 e. The molecule has 0 amide bonds. The minimum absolute atomic E-state index is 0.247. The first kappa shape index (κ1) is 20.3. The molecular formula is C22H28N6O2. The Balaban J connectivity index is 1.56. The summed E-state index contributed by atoms with van der Waals surface area (Å²) in [6.45, 7) is 8.10. The number of nitrogen functional groups attached to an aromatic ring is 1. The lowest BCUT2D eigenvalue weighted by atomic mass is 9.92. The van der Waals surface area contributed by atoms with E-state index in [2.05, 4.69) is 46.1 Å². The van der Waals surface area contributed by atoms with E-state index in [1.54, 1.807) is 23.3 Å². The summed E-state index contributed by atoms with van der Waals surface area (Å²) in [5.74, 6) is 1.10.